The molecule has 0 amide bonds. The molecule has 4 rings (SSSR count). The average Bonchev–Trinajstić information content (AvgIpc) is 3.06. The Bertz CT molecular complexity index is 1000. The Morgan fingerprint density at radius 1 is 1.00 bits per heavy atom. The molecule has 7 heteroatoms. The monoisotopic (exact) mass is 368 g/mol. The SMILES string of the molecule is C[C@H]1CN(S(=O)(=O)c2ccccc2)Cc2nnc(Cc3ccccc3)n21. The molecule has 0 fully saturated rings. The lowest BCUT2D eigenvalue weighted by Gasteiger charge is -2.31. The van der Waals surface area contributed by atoms with Crippen LogP contribution in [0.4, 0.5) is 0 Å². The summed E-state index contributed by atoms with van der Waals surface area (Å²) >= 11 is 0. The molecule has 0 saturated heterocycles. The molecular weight excluding hydrogens is 348 g/mol. The molecule has 26 heavy (non-hydrogen) atoms. The highest BCUT2D eigenvalue weighted by Crippen LogP contribution is 2.27. The number of hydrogen-bond donors (Lipinski definition) is 0. The van der Waals surface area contributed by atoms with E-state index < -0.39 is 10.0 Å². The van der Waals surface area contributed by atoms with E-state index in [0.717, 1.165) is 11.4 Å². The molecule has 2 aromatic carbocycles. The first kappa shape index (κ1) is 16.9. The van der Waals surface area contributed by atoms with Crippen molar-refractivity contribution in [3.05, 3.63) is 77.9 Å². The molecule has 0 saturated carbocycles. The second-order valence-electron chi connectivity index (χ2n) is 6.52. The van der Waals surface area contributed by atoms with Crippen molar-refractivity contribution in [2.45, 2.75) is 30.8 Å². The van der Waals surface area contributed by atoms with E-state index in [4.69, 9.17) is 0 Å². The molecule has 0 bridgehead atoms. The molecule has 1 aliphatic rings. The van der Waals surface area contributed by atoms with Gasteiger partial charge in [0, 0.05) is 19.0 Å². The highest BCUT2D eigenvalue weighted by atomic mass is 32.2. The van der Waals surface area contributed by atoms with Gasteiger partial charge in [-0.15, -0.1) is 10.2 Å². The highest BCUT2D eigenvalue weighted by Gasteiger charge is 2.33. The number of nitrogens with zero attached hydrogens (tertiary/aromatic N) is 4. The third-order valence-corrected chi connectivity index (χ3v) is 6.48. The lowest BCUT2D eigenvalue weighted by atomic mass is 10.1. The van der Waals surface area contributed by atoms with Gasteiger partial charge in [0.2, 0.25) is 10.0 Å². The van der Waals surface area contributed by atoms with Gasteiger partial charge in [0.05, 0.1) is 11.4 Å². The van der Waals surface area contributed by atoms with Crippen molar-refractivity contribution in [2.24, 2.45) is 0 Å². The first-order chi connectivity index (χ1) is 12.6. The van der Waals surface area contributed by atoms with Crippen LogP contribution in [0.5, 0.6) is 0 Å². The molecule has 1 atom stereocenters. The van der Waals surface area contributed by atoms with Gasteiger partial charge in [-0.05, 0) is 24.6 Å². The highest BCUT2D eigenvalue weighted by molar-refractivity contribution is 7.89. The Morgan fingerprint density at radius 2 is 1.65 bits per heavy atom. The maximum atomic E-state index is 12.9. The lowest BCUT2D eigenvalue weighted by molar-refractivity contribution is 0.288. The predicted molar refractivity (Wildman–Crippen MR) is 98.0 cm³/mol. The smallest absolute Gasteiger partial charge is 0.243 e. The molecule has 0 aliphatic carbocycles. The summed E-state index contributed by atoms with van der Waals surface area (Å²) in [6, 6.07) is 18.6. The zero-order valence-electron chi connectivity index (χ0n) is 14.5. The summed E-state index contributed by atoms with van der Waals surface area (Å²) in [5.41, 5.74) is 1.16. The summed E-state index contributed by atoms with van der Waals surface area (Å²) < 4.78 is 29.4. The number of fused-ring (bicyclic) bond motifs is 1. The van der Waals surface area contributed by atoms with Crippen LogP contribution >= 0.6 is 0 Å². The Hall–Kier alpha value is -2.51. The summed E-state index contributed by atoms with van der Waals surface area (Å²) in [7, 11) is -3.54. The van der Waals surface area contributed by atoms with Crippen molar-refractivity contribution in [3.8, 4) is 0 Å². The lowest BCUT2D eigenvalue weighted by Crippen LogP contribution is -2.40. The van der Waals surface area contributed by atoms with Gasteiger partial charge in [0.15, 0.2) is 0 Å². The maximum absolute atomic E-state index is 12.9. The second kappa shape index (κ2) is 6.66. The Kier molecular flexibility index (Phi) is 4.34. The molecule has 0 unspecified atom stereocenters. The molecule has 6 nitrogen and oxygen atoms in total. The molecule has 134 valence electrons. The van der Waals surface area contributed by atoms with Gasteiger partial charge in [0.25, 0.3) is 0 Å². The molecule has 3 aromatic rings. The molecule has 2 heterocycles. The summed E-state index contributed by atoms with van der Waals surface area (Å²) in [5, 5.41) is 8.59. The van der Waals surface area contributed by atoms with Crippen LogP contribution in [0.3, 0.4) is 0 Å². The van der Waals surface area contributed by atoms with Gasteiger partial charge < -0.3 is 4.57 Å². The molecule has 1 aromatic heterocycles. The van der Waals surface area contributed by atoms with Crippen molar-refractivity contribution >= 4 is 10.0 Å². The molecule has 0 spiro atoms. The van der Waals surface area contributed by atoms with Gasteiger partial charge in [-0.25, -0.2) is 8.42 Å². The zero-order chi connectivity index (χ0) is 18.1. The minimum atomic E-state index is -3.54. The van der Waals surface area contributed by atoms with E-state index in [-0.39, 0.29) is 12.6 Å². The van der Waals surface area contributed by atoms with E-state index in [1.807, 2.05) is 31.2 Å². The van der Waals surface area contributed by atoms with Gasteiger partial charge in [-0.1, -0.05) is 48.5 Å². The van der Waals surface area contributed by atoms with Gasteiger partial charge in [-0.3, -0.25) is 0 Å². The van der Waals surface area contributed by atoms with E-state index in [0.29, 0.717) is 23.7 Å². The quantitative estimate of drug-likeness (QED) is 0.710. The summed E-state index contributed by atoms with van der Waals surface area (Å²) in [6.07, 6.45) is 0.684. The fourth-order valence-corrected chi connectivity index (χ4v) is 4.90. The zero-order valence-corrected chi connectivity index (χ0v) is 15.3. The number of hydrogen-bond acceptors (Lipinski definition) is 4. The van der Waals surface area contributed by atoms with E-state index in [9.17, 15) is 8.42 Å². The van der Waals surface area contributed by atoms with Crippen LogP contribution < -0.4 is 0 Å². The van der Waals surface area contributed by atoms with Crippen molar-refractivity contribution in [3.63, 3.8) is 0 Å². The minimum absolute atomic E-state index is 0.0223. The van der Waals surface area contributed by atoms with Gasteiger partial charge in [0.1, 0.15) is 11.6 Å². The van der Waals surface area contributed by atoms with Gasteiger partial charge >= 0.3 is 0 Å². The van der Waals surface area contributed by atoms with Crippen molar-refractivity contribution < 1.29 is 8.42 Å². The molecule has 0 N–H and O–H groups in total. The summed E-state index contributed by atoms with van der Waals surface area (Å²) in [5.74, 6) is 1.56. The summed E-state index contributed by atoms with van der Waals surface area (Å²) in [6.45, 7) is 2.65. The predicted octanol–water partition coefficient (Wildman–Crippen LogP) is 2.63. The van der Waals surface area contributed by atoms with Crippen LogP contribution in [0, 0.1) is 0 Å². The van der Waals surface area contributed by atoms with Crippen LogP contribution in [-0.2, 0) is 23.0 Å². The van der Waals surface area contributed by atoms with Crippen LogP contribution in [0.1, 0.15) is 30.2 Å². The van der Waals surface area contributed by atoms with E-state index in [2.05, 4.69) is 26.9 Å². The first-order valence-corrected chi connectivity index (χ1v) is 10.0. The van der Waals surface area contributed by atoms with Crippen molar-refractivity contribution in [1.82, 2.24) is 19.1 Å². The Labute approximate surface area is 153 Å². The topological polar surface area (TPSA) is 68.1 Å². The number of benzene rings is 2. The Balaban J connectivity index is 1.62. The van der Waals surface area contributed by atoms with E-state index in [1.165, 1.54) is 4.31 Å². The molecular formula is C19H20N4O2S. The fourth-order valence-electron chi connectivity index (χ4n) is 3.40. The van der Waals surface area contributed by atoms with Crippen molar-refractivity contribution in [2.75, 3.05) is 6.54 Å². The van der Waals surface area contributed by atoms with E-state index >= 15 is 0 Å². The van der Waals surface area contributed by atoms with Crippen molar-refractivity contribution in [1.29, 1.82) is 0 Å². The third kappa shape index (κ3) is 3.04. The largest absolute Gasteiger partial charge is 0.309 e. The maximum Gasteiger partial charge on any atom is 0.243 e. The van der Waals surface area contributed by atoms with Crippen LogP contribution in [0.2, 0.25) is 0 Å². The molecule has 1 aliphatic heterocycles. The normalized spacial score (nSPS) is 17.8. The third-order valence-electron chi connectivity index (χ3n) is 4.65. The first-order valence-electron chi connectivity index (χ1n) is 8.57. The minimum Gasteiger partial charge on any atom is -0.309 e. The fraction of sp³-hybridized carbons (Fsp3) is 0.263. The Morgan fingerprint density at radius 3 is 2.35 bits per heavy atom. The second-order valence-corrected chi connectivity index (χ2v) is 8.46. The van der Waals surface area contributed by atoms with Crippen LogP contribution in [0.25, 0.3) is 0 Å². The standard InChI is InChI=1S/C19H20N4O2S/c1-15-13-22(26(24,25)17-10-6-3-7-11-17)14-19-21-20-18(23(15)19)12-16-8-4-2-5-9-16/h2-11,15H,12-14H2,1H3/t15-/m0/s1. The molecule has 0 radical (unpaired) electrons. The summed E-state index contributed by atoms with van der Waals surface area (Å²) in [4.78, 5) is 0.310. The number of rotatable bonds is 4. The van der Waals surface area contributed by atoms with Crippen LogP contribution in [-0.4, -0.2) is 34.0 Å². The number of sulfonamides is 1. The van der Waals surface area contributed by atoms with E-state index in [1.54, 1.807) is 24.3 Å². The van der Waals surface area contributed by atoms with Crippen LogP contribution in [0.15, 0.2) is 65.6 Å². The van der Waals surface area contributed by atoms with Gasteiger partial charge in [-0.2, -0.15) is 4.31 Å². The number of aromatic nitrogens is 3. The average molecular weight is 368 g/mol.